The van der Waals surface area contributed by atoms with Crippen molar-refractivity contribution in [2.45, 2.75) is 38.8 Å². The highest BCUT2D eigenvalue weighted by molar-refractivity contribution is 5.60. The van der Waals surface area contributed by atoms with Gasteiger partial charge in [-0.15, -0.1) is 0 Å². The van der Waals surface area contributed by atoms with Crippen LogP contribution >= 0.6 is 0 Å². The quantitative estimate of drug-likeness (QED) is 0.855. The van der Waals surface area contributed by atoms with Crippen LogP contribution in [0.1, 0.15) is 32.5 Å². The van der Waals surface area contributed by atoms with Crippen molar-refractivity contribution in [3.63, 3.8) is 0 Å². The van der Waals surface area contributed by atoms with E-state index in [2.05, 4.69) is 14.7 Å². The molecule has 2 rings (SSSR count). The van der Waals surface area contributed by atoms with Crippen LogP contribution in [-0.4, -0.2) is 16.6 Å². The van der Waals surface area contributed by atoms with Crippen molar-refractivity contribution in [1.29, 1.82) is 0 Å². The molecule has 0 fully saturated rings. The van der Waals surface area contributed by atoms with Gasteiger partial charge in [0.25, 0.3) is 0 Å². The van der Waals surface area contributed by atoms with Gasteiger partial charge in [-0.2, -0.15) is 8.78 Å². The molecule has 2 aromatic rings. The summed E-state index contributed by atoms with van der Waals surface area (Å²) in [6.45, 7) is 1.17. The van der Waals surface area contributed by atoms with Crippen LogP contribution in [-0.2, 0) is 5.54 Å². The molecule has 0 aliphatic rings. The van der Waals surface area contributed by atoms with E-state index in [1.165, 1.54) is 6.07 Å². The predicted octanol–water partition coefficient (Wildman–Crippen LogP) is 3.65. The molecular weight excluding hydrogens is 276 g/mol. The third kappa shape index (κ3) is 3.39. The fraction of sp³-hybridized carbons (Fsp3) is 0.400. The van der Waals surface area contributed by atoms with Gasteiger partial charge in [0.2, 0.25) is 0 Å². The molecular formula is C15H19F2N3O. The Kier molecular flexibility index (Phi) is 4.57. The summed E-state index contributed by atoms with van der Waals surface area (Å²) in [5, 5.41) is 0. The van der Waals surface area contributed by atoms with Crippen molar-refractivity contribution in [3.05, 3.63) is 36.3 Å². The van der Waals surface area contributed by atoms with E-state index in [-0.39, 0.29) is 5.75 Å². The number of hydrogen-bond donors (Lipinski definition) is 2. The molecule has 0 aliphatic carbocycles. The van der Waals surface area contributed by atoms with Gasteiger partial charge in [-0.1, -0.05) is 26.0 Å². The van der Waals surface area contributed by atoms with E-state index in [0.29, 0.717) is 5.82 Å². The molecule has 114 valence electrons. The normalized spacial score (nSPS) is 11.9. The van der Waals surface area contributed by atoms with Gasteiger partial charge >= 0.3 is 6.61 Å². The van der Waals surface area contributed by atoms with E-state index >= 15 is 0 Å². The van der Waals surface area contributed by atoms with E-state index in [4.69, 9.17) is 5.73 Å². The molecule has 0 saturated carbocycles. The van der Waals surface area contributed by atoms with Gasteiger partial charge in [0.05, 0.1) is 17.4 Å². The zero-order chi connectivity index (χ0) is 15.5. The lowest BCUT2D eigenvalue weighted by molar-refractivity contribution is -0.0498. The fourth-order valence-corrected chi connectivity index (χ4v) is 2.15. The second kappa shape index (κ2) is 6.22. The first-order chi connectivity index (χ1) is 9.98. The minimum Gasteiger partial charge on any atom is -0.435 e. The third-order valence-electron chi connectivity index (χ3n) is 3.68. The van der Waals surface area contributed by atoms with Gasteiger partial charge in [-0.05, 0) is 25.0 Å². The zero-order valence-electron chi connectivity index (χ0n) is 12.1. The lowest BCUT2D eigenvalue weighted by atomic mass is 9.93. The summed E-state index contributed by atoms with van der Waals surface area (Å²) < 4.78 is 28.9. The highest BCUT2D eigenvalue weighted by Gasteiger charge is 2.26. The maximum Gasteiger partial charge on any atom is 0.387 e. The Morgan fingerprint density at radius 1 is 1.33 bits per heavy atom. The smallest absolute Gasteiger partial charge is 0.387 e. The molecule has 0 atom stereocenters. The Morgan fingerprint density at radius 2 is 2.05 bits per heavy atom. The Balaban J connectivity index is 2.29. The number of rotatable bonds is 6. The molecule has 0 spiro atoms. The first-order valence-corrected chi connectivity index (χ1v) is 6.88. The van der Waals surface area contributed by atoms with E-state index in [1.54, 1.807) is 24.4 Å². The molecule has 0 unspecified atom stereocenters. The van der Waals surface area contributed by atoms with E-state index in [9.17, 15) is 8.78 Å². The van der Waals surface area contributed by atoms with Crippen LogP contribution in [0.3, 0.4) is 0 Å². The zero-order valence-corrected chi connectivity index (χ0v) is 12.1. The molecule has 0 radical (unpaired) electrons. The molecule has 4 nitrogen and oxygen atoms in total. The van der Waals surface area contributed by atoms with Crippen LogP contribution in [0.15, 0.2) is 30.5 Å². The number of halogens is 2. The first kappa shape index (κ1) is 15.4. The van der Waals surface area contributed by atoms with Crippen LogP contribution in [0.2, 0.25) is 0 Å². The van der Waals surface area contributed by atoms with Gasteiger partial charge in [-0.3, -0.25) is 0 Å². The summed E-state index contributed by atoms with van der Waals surface area (Å²) in [5.74, 6) is 0.811. The van der Waals surface area contributed by atoms with Crippen LogP contribution < -0.4 is 10.5 Å². The molecule has 0 bridgehead atoms. The molecule has 6 heteroatoms. The Morgan fingerprint density at radius 3 is 2.67 bits per heavy atom. The molecule has 0 amide bonds. The maximum atomic E-state index is 12.2. The van der Waals surface area contributed by atoms with Crippen molar-refractivity contribution in [1.82, 2.24) is 9.97 Å². The van der Waals surface area contributed by atoms with Crippen molar-refractivity contribution in [2.24, 2.45) is 5.73 Å². The van der Waals surface area contributed by atoms with Gasteiger partial charge in [-0.25, -0.2) is 4.98 Å². The SMILES string of the molecule is CCC(N)(CC)c1ncc(-c2cccc(OC(F)F)c2)[nH]1. The predicted molar refractivity (Wildman–Crippen MR) is 77.1 cm³/mol. The van der Waals surface area contributed by atoms with E-state index in [1.807, 2.05) is 13.8 Å². The molecule has 0 saturated heterocycles. The minimum atomic E-state index is -2.84. The van der Waals surface area contributed by atoms with Crippen molar-refractivity contribution in [3.8, 4) is 17.0 Å². The average molecular weight is 295 g/mol. The summed E-state index contributed by atoms with van der Waals surface area (Å²) in [5.41, 5.74) is 7.23. The number of aromatic nitrogens is 2. The van der Waals surface area contributed by atoms with E-state index < -0.39 is 12.2 Å². The number of nitrogens with one attached hydrogen (secondary N) is 1. The Bertz CT molecular complexity index is 594. The van der Waals surface area contributed by atoms with Crippen LogP contribution in [0.5, 0.6) is 5.75 Å². The number of ether oxygens (including phenoxy) is 1. The summed E-state index contributed by atoms with van der Waals surface area (Å²) >= 11 is 0. The number of hydrogen-bond acceptors (Lipinski definition) is 3. The maximum absolute atomic E-state index is 12.2. The number of imidazole rings is 1. The molecule has 1 aromatic heterocycles. The highest BCUT2D eigenvalue weighted by Crippen LogP contribution is 2.28. The molecule has 1 heterocycles. The van der Waals surface area contributed by atoms with Gasteiger partial charge < -0.3 is 15.5 Å². The lowest BCUT2D eigenvalue weighted by Crippen LogP contribution is -2.36. The minimum absolute atomic E-state index is 0.114. The first-order valence-electron chi connectivity index (χ1n) is 6.88. The standard InChI is InChI=1S/C15H19F2N3O/c1-3-15(18,4-2)13-19-9-12(20-13)10-6-5-7-11(8-10)21-14(16)17/h5-9,14H,3-4,18H2,1-2H3,(H,19,20). The fourth-order valence-electron chi connectivity index (χ4n) is 2.15. The summed E-state index contributed by atoms with van der Waals surface area (Å²) in [4.78, 5) is 7.50. The Hall–Kier alpha value is -1.95. The van der Waals surface area contributed by atoms with Crippen LogP contribution in [0.4, 0.5) is 8.78 Å². The van der Waals surface area contributed by atoms with Crippen molar-refractivity contribution in [2.75, 3.05) is 0 Å². The monoisotopic (exact) mass is 295 g/mol. The lowest BCUT2D eigenvalue weighted by Gasteiger charge is -2.23. The number of nitrogens with two attached hydrogens (primary N) is 1. The van der Waals surface area contributed by atoms with Gasteiger partial charge in [0.1, 0.15) is 11.6 Å². The van der Waals surface area contributed by atoms with Crippen molar-refractivity contribution < 1.29 is 13.5 Å². The average Bonchev–Trinajstić information content (AvgIpc) is 2.96. The van der Waals surface area contributed by atoms with Gasteiger partial charge in [0.15, 0.2) is 0 Å². The molecule has 1 aromatic carbocycles. The molecule has 21 heavy (non-hydrogen) atoms. The number of aromatic amines is 1. The number of nitrogens with zero attached hydrogens (tertiary/aromatic N) is 1. The number of H-pyrrole nitrogens is 1. The van der Waals surface area contributed by atoms with Gasteiger partial charge in [0, 0.05) is 5.56 Å². The van der Waals surface area contributed by atoms with Crippen LogP contribution in [0.25, 0.3) is 11.3 Å². The Labute approximate surface area is 122 Å². The summed E-state index contributed by atoms with van der Waals surface area (Å²) in [6, 6.07) is 6.48. The largest absolute Gasteiger partial charge is 0.435 e. The molecule has 0 aliphatic heterocycles. The summed E-state index contributed by atoms with van der Waals surface area (Å²) in [6.07, 6.45) is 3.17. The number of alkyl halides is 2. The van der Waals surface area contributed by atoms with Crippen LogP contribution in [0, 0.1) is 0 Å². The molecule has 3 N–H and O–H groups in total. The second-order valence-electron chi connectivity index (χ2n) is 4.92. The second-order valence-corrected chi connectivity index (χ2v) is 4.92. The van der Waals surface area contributed by atoms with Crippen molar-refractivity contribution >= 4 is 0 Å². The van der Waals surface area contributed by atoms with E-state index in [0.717, 1.165) is 24.1 Å². The summed E-state index contributed by atoms with van der Waals surface area (Å²) in [7, 11) is 0. The number of benzene rings is 1. The third-order valence-corrected chi connectivity index (χ3v) is 3.68. The highest BCUT2D eigenvalue weighted by atomic mass is 19.3. The topological polar surface area (TPSA) is 63.9 Å².